The molecule has 8 heteroatoms. The molecular weight excluding hydrogens is 374 g/mol. The lowest BCUT2D eigenvalue weighted by Gasteiger charge is -2.21. The van der Waals surface area contributed by atoms with Crippen LogP contribution < -0.4 is 5.32 Å². The van der Waals surface area contributed by atoms with Gasteiger partial charge in [-0.3, -0.25) is 4.57 Å². The number of thiophene rings is 1. The highest BCUT2D eigenvalue weighted by Gasteiger charge is 2.16. The van der Waals surface area contributed by atoms with Crippen LogP contribution in [-0.4, -0.2) is 25.5 Å². The fourth-order valence-electron chi connectivity index (χ4n) is 2.74. The van der Waals surface area contributed by atoms with Crippen LogP contribution in [0.4, 0.5) is 4.79 Å². The van der Waals surface area contributed by atoms with Crippen molar-refractivity contribution < 1.29 is 9.21 Å². The first-order chi connectivity index (χ1) is 13.8. The Morgan fingerprint density at radius 1 is 1.21 bits per heavy atom. The minimum atomic E-state index is -0.150. The third-order valence-corrected chi connectivity index (χ3v) is 5.02. The van der Waals surface area contributed by atoms with Gasteiger partial charge in [0.1, 0.15) is 17.9 Å². The minimum Gasteiger partial charge on any atom is -0.467 e. The van der Waals surface area contributed by atoms with Crippen molar-refractivity contribution in [1.29, 1.82) is 0 Å². The fourth-order valence-corrected chi connectivity index (χ4v) is 3.46. The zero-order valence-corrected chi connectivity index (χ0v) is 15.9. The molecule has 0 bridgehead atoms. The van der Waals surface area contributed by atoms with Gasteiger partial charge < -0.3 is 14.6 Å². The summed E-state index contributed by atoms with van der Waals surface area (Å²) >= 11 is 1.63. The molecule has 1 N–H and O–H groups in total. The SMILES string of the molecule is O=C(NCc1ccc(-n2ccnc2)nc1)N(Cc1ccco1)Cc1cccs1. The first-order valence-corrected chi connectivity index (χ1v) is 9.67. The zero-order chi connectivity index (χ0) is 19.2. The minimum absolute atomic E-state index is 0.150. The highest BCUT2D eigenvalue weighted by molar-refractivity contribution is 7.09. The predicted molar refractivity (Wildman–Crippen MR) is 106 cm³/mol. The highest BCUT2D eigenvalue weighted by atomic mass is 32.1. The van der Waals surface area contributed by atoms with Gasteiger partial charge in [-0.1, -0.05) is 12.1 Å². The Kier molecular flexibility index (Phi) is 5.48. The number of pyridine rings is 1. The summed E-state index contributed by atoms with van der Waals surface area (Å²) in [7, 11) is 0. The van der Waals surface area contributed by atoms with Gasteiger partial charge in [0.25, 0.3) is 0 Å². The summed E-state index contributed by atoms with van der Waals surface area (Å²) in [5, 5.41) is 4.97. The lowest BCUT2D eigenvalue weighted by molar-refractivity contribution is 0.187. The Bertz CT molecular complexity index is 944. The van der Waals surface area contributed by atoms with Crippen LogP contribution in [0.5, 0.6) is 0 Å². The number of urea groups is 1. The lowest BCUT2D eigenvalue weighted by atomic mass is 10.3. The number of carbonyl (C=O) groups is 1. The number of amides is 2. The first kappa shape index (κ1) is 18.0. The second-order valence-electron chi connectivity index (χ2n) is 6.17. The van der Waals surface area contributed by atoms with Crippen LogP contribution >= 0.6 is 11.3 Å². The second kappa shape index (κ2) is 8.53. The zero-order valence-electron chi connectivity index (χ0n) is 15.1. The smallest absolute Gasteiger partial charge is 0.318 e. The van der Waals surface area contributed by atoms with Crippen molar-refractivity contribution in [2.24, 2.45) is 0 Å². The summed E-state index contributed by atoms with van der Waals surface area (Å²) < 4.78 is 7.24. The third-order valence-electron chi connectivity index (χ3n) is 4.16. The van der Waals surface area contributed by atoms with Crippen molar-refractivity contribution in [2.75, 3.05) is 0 Å². The Balaban J connectivity index is 1.39. The number of aromatic nitrogens is 3. The Morgan fingerprint density at radius 3 is 2.86 bits per heavy atom. The molecule has 0 saturated carbocycles. The van der Waals surface area contributed by atoms with Gasteiger partial charge in [0.2, 0.25) is 0 Å². The number of hydrogen-bond donors (Lipinski definition) is 1. The molecule has 4 heterocycles. The Morgan fingerprint density at radius 2 is 2.18 bits per heavy atom. The predicted octanol–water partition coefficient (Wildman–Crippen LogP) is 3.83. The van der Waals surface area contributed by atoms with Crippen molar-refractivity contribution in [1.82, 2.24) is 24.8 Å². The highest BCUT2D eigenvalue weighted by Crippen LogP contribution is 2.15. The topological polar surface area (TPSA) is 76.2 Å². The van der Waals surface area contributed by atoms with Crippen molar-refractivity contribution in [3.63, 3.8) is 0 Å². The molecule has 0 aliphatic rings. The Labute approximate surface area is 166 Å². The molecule has 4 aromatic heterocycles. The average molecular weight is 393 g/mol. The summed E-state index contributed by atoms with van der Waals surface area (Å²) in [4.78, 5) is 24.0. The van der Waals surface area contributed by atoms with Crippen LogP contribution in [0.3, 0.4) is 0 Å². The van der Waals surface area contributed by atoms with E-state index in [0.717, 1.165) is 22.0 Å². The summed E-state index contributed by atoms with van der Waals surface area (Å²) in [6.45, 7) is 1.34. The molecule has 7 nitrogen and oxygen atoms in total. The molecule has 0 aliphatic heterocycles. The molecule has 0 spiro atoms. The number of nitrogens with zero attached hydrogens (tertiary/aromatic N) is 4. The van der Waals surface area contributed by atoms with Crippen molar-refractivity contribution >= 4 is 17.4 Å². The molecular formula is C20H19N5O2S. The van der Waals surface area contributed by atoms with Crippen LogP contribution in [0.25, 0.3) is 5.82 Å². The molecule has 4 aromatic rings. The van der Waals surface area contributed by atoms with E-state index >= 15 is 0 Å². The molecule has 0 aromatic carbocycles. The monoisotopic (exact) mass is 393 g/mol. The normalized spacial score (nSPS) is 10.7. The number of rotatable bonds is 7. The van der Waals surface area contributed by atoms with Crippen LogP contribution in [0.15, 0.2) is 77.4 Å². The van der Waals surface area contributed by atoms with Crippen molar-refractivity contribution in [3.05, 3.63) is 89.2 Å². The number of furan rings is 1. The van der Waals surface area contributed by atoms with Gasteiger partial charge in [-0.05, 0) is 35.2 Å². The molecule has 0 radical (unpaired) electrons. The molecule has 0 fully saturated rings. The van der Waals surface area contributed by atoms with Crippen LogP contribution in [0, 0.1) is 0 Å². The van der Waals surface area contributed by atoms with E-state index in [4.69, 9.17) is 4.42 Å². The maximum atomic E-state index is 12.8. The van der Waals surface area contributed by atoms with Crippen molar-refractivity contribution in [2.45, 2.75) is 19.6 Å². The maximum absolute atomic E-state index is 12.8. The molecule has 28 heavy (non-hydrogen) atoms. The lowest BCUT2D eigenvalue weighted by Crippen LogP contribution is -2.38. The molecule has 0 atom stereocenters. The van der Waals surface area contributed by atoms with Gasteiger partial charge in [-0.25, -0.2) is 14.8 Å². The van der Waals surface area contributed by atoms with E-state index < -0.39 is 0 Å². The van der Waals surface area contributed by atoms with Gasteiger partial charge in [0.05, 0.1) is 19.4 Å². The first-order valence-electron chi connectivity index (χ1n) is 8.79. The third kappa shape index (κ3) is 4.47. The van der Waals surface area contributed by atoms with Gasteiger partial charge in [-0.15, -0.1) is 11.3 Å². The average Bonchev–Trinajstić information content (AvgIpc) is 3.49. The van der Waals surface area contributed by atoms with E-state index in [1.807, 2.05) is 52.5 Å². The molecule has 2 amide bonds. The van der Waals surface area contributed by atoms with Gasteiger partial charge in [0, 0.05) is 30.0 Å². The number of nitrogens with one attached hydrogen (secondary N) is 1. The standard InChI is InChI=1S/C20H19N5O2S/c26-20(23-12-16-5-6-19(22-11-16)24-8-7-21-15-24)25(13-17-3-1-9-27-17)14-18-4-2-10-28-18/h1-11,15H,12-14H2,(H,23,26). The van der Waals surface area contributed by atoms with Gasteiger partial charge >= 0.3 is 6.03 Å². The van der Waals surface area contributed by atoms with E-state index in [9.17, 15) is 4.79 Å². The largest absolute Gasteiger partial charge is 0.467 e. The molecule has 0 aliphatic carbocycles. The molecule has 142 valence electrons. The summed E-state index contributed by atoms with van der Waals surface area (Å²) in [6.07, 6.45) is 8.61. The maximum Gasteiger partial charge on any atom is 0.318 e. The quantitative estimate of drug-likeness (QED) is 0.518. The summed E-state index contributed by atoms with van der Waals surface area (Å²) in [5.74, 6) is 1.53. The Hall–Kier alpha value is -3.39. The van der Waals surface area contributed by atoms with E-state index in [1.54, 1.807) is 41.2 Å². The van der Waals surface area contributed by atoms with E-state index in [0.29, 0.717) is 19.6 Å². The fraction of sp³-hybridized carbons (Fsp3) is 0.150. The second-order valence-corrected chi connectivity index (χ2v) is 7.20. The molecule has 0 saturated heterocycles. The van der Waals surface area contributed by atoms with Gasteiger partial charge in [-0.2, -0.15) is 0 Å². The molecule has 0 unspecified atom stereocenters. The number of imidazole rings is 1. The summed E-state index contributed by atoms with van der Waals surface area (Å²) in [6, 6.07) is 11.4. The van der Waals surface area contributed by atoms with Gasteiger partial charge in [0.15, 0.2) is 0 Å². The van der Waals surface area contributed by atoms with E-state index in [1.165, 1.54) is 0 Å². The summed E-state index contributed by atoms with van der Waals surface area (Å²) in [5.41, 5.74) is 0.922. The number of hydrogen-bond acceptors (Lipinski definition) is 5. The van der Waals surface area contributed by atoms with Crippen molar-refractivity contribution in [3.8, 4) is 5.82 Å². The van der Waals surface area contributed by atoms with Crippen LogP contribution in [0.1, 0.15) is 16.2 Å². The van der Waals surface area contributed by atoms with Crippen LogP contribution in [-0.2, 0) is 19.6 Å². The van der Waals surface area contributed by atoms with Crippen LogP contribution in [0.2, 0.25) is 0 Å². The van der Waals surface area contributed by atoms with E-state index in [-0.39, 0.29) is 6.03 Å². The van der Waals surface area contributed by atoms with E-state index in [2.05, 4.69) is 15.3 Å². The number of carbonyl (C=O) groups excluding carboxylic acids is 1. The molecule has 4 rings (SSSR count).